The number of nitrogens with one attached hydrogen (secondary N) is 2. The zero-order valence-electron chi connectivity index (χ0n) is 14.1. The Labute approximate surface area is 162 Å². The van der Waals surface area contributed by atoms with E-state index in [1.807, 2.05) is 0 Å². The number of hydrogen-bond donors (Lipinski definition) is 2. The number of carbonyl (C=O) groups excluding carboxylic acids is 1. The minimum absolute atomic E-state index is 0.113. The van der Waals surface area contributed by atoms with Gasteiger partial charge in [-0.1, -0.05) is 35.3 Å². The van der Waals surface area contributed by atoms with Crippen molar-refractivity contribution in [2.75, 3.05) is 18.7 Å². The highest BCUT2D eigenvalue weighted by atomic mass is 35.5. The molecule has 0 aliphatic heterocycles. The molecule has 0 fully saturated rings. The Kier molecular flexibility index (Phi) is 6.88. The standard InChI is InChI=1S/C17H18Cl2N2O4S/c1-25-13-6-3-11(4-7-13)16(21-26(2,23)24)10-17(22)20-15-8-5-12(18)9-14(15)19/h3-9,16,21H,10H2,1-2H3,(H,20,22)/t16-/m1/s1. The molecule has 0 aliphatic rings. The summed E-state index contributed by atoms with van der Waals surface area (Å²) in [5.41, 5.74) is 1.03. The number of rotatable bonds is 7. The van der Waals surface area contributed by atoms with Crippen molar-refractivity contribution in [2.24, 2.45) is 0 Å². The molecule has 0 bridgehead atoms. The van der Waals surface area contributed by atoms with E-state index >= 15 is 0 Å². The summed E-state index contributed by atoms with van der Waals surface area (Å²) in [6.45, 7) is 0. The van der Waals surface area contributed by atoms with E-state index in [1.165, 1.54) is 13.2 Å². The smallest absolute Gasteiger partial charge is 0.226 e. The predicted molar refractivity (Wildman–Crippen MR) is 103 cm³/mol. The molecule has 0 spiro atoms. The van der Waals surface area contributed by atoms with Gasteiger partial charge < -0.3 is 10.1 Å². The number of ether oxygens (including phenoxy) is 1. The number of sulfonamides is 1. The van der Waals surface area contributed by atoms with Gasteiger partial charge in [-0.2, -0.15) is 0 Å². The Morgan fingerprint density at radius 2 is 1.81 bits per heavy atom. The lowest BCUT2D eigenvalue weighted by Gasteiger charge is -2.18. The first kappa shape index (κ1) is 20.5. The zero-order chi connectivity index (χ0) is 19.3. The van der Waals surface area contributed by atoms with E-state index in [4.69, 9.17) is 27.9 Å². The van der Waals surface area contributed by atoms with Gasteiger partial charge >= 0.3 is 0 Å². The third-order valence-electron chi connectivity index (χ3n) is 3.47. The first-order chi connectivity index (χ1) is 12.2. The van der Waals surface area contributed by atoms with Crippen molar-refractivity contribution in [1.29, 1.82) is 0 Å². The molecule has 2 N–H and O–H groups in total. The highest BCUT2D eigenvalue weighted by molar-refractivity contribution is 7.88. The van der Waals surface area contributed by atoms with Crippen molar-refractivity contribution in [1.82, 2.24) is 4.72 Å². The van der Waals surface area contributed by atoms with Crippen molar-refractivity contribution in [3.8, 4) is 5.75 Å². The van der Waals surface area contributed by atoms with Crippen LogP contribution in [0.15, 0.2) is 42.5 Å². The third-order valence-corrected chi connectivity index (χ3v) is 4.73. The summed E-state index contributed by atoms with van der Waals surface area (Å²) < 4.78 is 30.9. The van der Waals surface area contributed by atoms with Gasteiger partial charge in [0.1, 0.15) is 5.75 Å². The third kappa shape index (κ3) is 6.17. The lowest BCUT2D eigenvalue weighted by atomic mass is 10.0. The first-order valence-electron chi connectivity index (χ1n) is 7.54. The van der Waals surface area contributed by atoms with Gasteiger partial charge in [-0.25, -0.2) is 13.1 Å². The van der Waals surface area contributed by atoms with Gasteiger partial charge in [0, 0.05) is 11.4 Å². The zero-order valence-corrected chi connectivity index (χ0v) is 16.5. The van der Waals surface area contributed by atoms with Crippen molar-refractivity contribution in [3.05, 3.63) is 58.1 Å². The molecule has 0 aliphatic carbocycles. The summed E-state index contributed by atoms with van der Waals surface area (Å²) in [6.07, 6.45) is 0.926. The Morgan fingerprint density at radius 3 is 2.35 bits per heavy atom. The van der Waals surface area contributed by atoms with Crippen LogP contribution in [0, 0.1) is 0 Å². The highest BCUT2D eigenvalue weighted by Crippen LogP contribution is 2.27. The van der Waals surface area contributed by atoms with Crippen LogP contribution in [-0.2, 0) is 14.8 Å². The quantitative estimate of drug-likeness (QED) is 0.721. The topological polar surface area (TPSA) is 84.5 Å². The molecule has 2 aromatic rings. The van der Waals surface area contributed by atoms with Crippen LogP contribution in [0.4, 0.5) is 5.69 Å². The average molecular weight is 417 g/mol. The number of benzene rings is 2. The lowest BCUT2D eigenvalue weighted by Crippen LogP contribution is -2.30. The Bertz CT molecular complexity index is 886. The summed E-state index contributed by atoms with van der Waals surface area (Å²) in [4.78, 5) is 12.4. The van der Waals surface area contributed by atoms with Gasteiger partial charge in [-0.3, -0.25) is 4.79 Å². The van der Waals surface area contributed by atoms with E-state index in [9.17, 15) is 13.2 Å². The number of hydrogen-bond acceptors (Lipinski definition) is 4. The predicted octanol–water partition coefficient (Wildman–Crippen LogP) is 3.62. The largest absolute Gasteiger partial charge is 0.497 e. The molecule has 0 heterocycles. The Morgan fingerprint density at radius 1 is 1.15 bits per heavy atom. The second-order valence-electron chi connectivity index (χ2n) is 5.59. The molecular weight excluding hydrogens is 399 g/mol. The van der Waals surface area contributed by atoms with Crippen LogP contribution in [0.1, 0.15) is 18.0 Å². The van der Waals surface area contributed by atoms with Gasteiger partial charge in [-0.05, 0) is 35.9 Å². The molecule has 0 saturated heterocycles. The molecule has 140 valence electrons. The average Bonchev–Trinajstić information content (AvgIpc) is 2.56. The summed E-state index contributed by atoms with van der Waals surface area (Å²) in [6, 6.07) is 10.7. The summed E-state index contributed by atoms with van der Waals surface area (Å²) >= 11 is 11.9. The molecule has 0 radical (unpaired) electrons. The molecule has 2 rings (SSSR count). The molecule has 2 aromatic carbocycles. The van der Waals surface area contributed by atoms with E-state index < -0.39 is 22.0 Å². The van der Waals surface area contributed by atoms with Crippen LogP contribution in [0.3, 0.4) is 0 Å². The normalized spacial score (nSPS) is 12.5. The highest BCUT2D eigenvalue weighted by Gasteiger charge is 2.20. The van der Waals surface area contributed by atoms with E-state index in [0.29, 0.717) is 27.0 Å². The fourth-order valence-corrected chi connectivity index (χ4v) is 3.49. The van der Waals surface area contributed by atoms with E-state index in [-0.39, 0.29) is 6.42 Å². The van der Waals surface area contributed by atoms with Crippen molar-refractivity contribution >= 4 is 44.8 Å². The number of methoxy groups -OCH3 is 1. The van der Waals surface area contributed by atoms with Gasteiger partial charge in [0.15, 0.2) is 0 Å². The van der Waals surface area contributed by atoms with Gasteiger partial charge in [0.2, 0.25) is 15.9 Å². The van der Waals surface area contributed by atoms with Crippen LogP contribution in [0.2, 0.25) is 10.0 Å². The van der Waals surface area contributed by atoms with Gasteiger partial charge in [0.25, 0.3) is 0 Å². The van der Waals surface area contributed by atoms with Crippen LogP contribution >= 0.6 is 23.2 Å². The summed E-state index contributed by atoms with van der Waals surface area (Å²) in [7, 11) is -1.99. The lowest BCUT2D eigenvalue weighted by molar-refractivity contribution is -0.116. The van der Waals surface area contributed by atoms with E-state index in [0.717, 1.165) is 6.26 Å². The number of carbonyl (C=O) groups is 1. The first-order valence-corrected chi connectivity index (χ1v) is 10.2. The van der Waals surface area contributed by atoms with Crippen LogP contribution < -0.4 is 14.8 Å². The molecule has 6 nitrogen and oxygen atoms in total. The summed E-state index contributed by atoms with van der Waals surface area (Å²) in [5, 5.41) is 3.40. The minimum Gasteiger partial charge on any atom is -0.497 e. The maximum Gasteiger partial charge on any atom is 0.226 e. The molecule has 0 aromatic heterocycles. The van der Waals surface area contributed by atoms with Crippen molar-refractivity contribution in [3.63, 3.8) is 0 Å². The van der Waals surface area contributed by atoms with Gasteiger partial charge in [0.05, 0.1) is 30.1 Å². The van der Waals surface area contributed by atoms with Gasteiger partial charge in [-0.15, -0.1) is 0 Å². The number of anilines is 1. The van der Waals surface area contributed by atoms with Crippen LogP contribution in [0.5, 0.6) is 5.75 Å². The molecule has 9 heteroatoms. The van der Waals surface area contributed by atoms with Crippen LogP contribution in [0.25, 0.3) is 0 Å². The molecule has 26 heavy (non-hydrogen) atoms. The molecule has 0 unspecified atom stereocenters. The summed E-state index contributed by atoms with van der Waals surface area (Å²) in [5.74, 6) is 0.232. The number of amides is 1. The number of halogens is 2. The minimum atomic E-state index is -3.52. The molecule has 1 amide bonds. The van der Waals surface area contributed by atoms with Crippen LogP contribution in [-0.4, -0.2) is 27.7 Å². The molecule has 1 atom stereocenters. The second kappa shape index (κ2) is 8.73. The SMILES string of the molecule is COc1ccc([C@@H](CC(=O)Nc2ccc(Cl)cc2Cl)NS(C)(=O)=O)cc1. The van der Waals surface area contributed by atoms with Crippen molar-refractivity contribution in [2.45, 2.75) is 12.5 Å². The molecular formula is C17H18Cl2N2O4S. The monoisotopic (exact) mass is 416 g/mol. The van der Waals surface area contributed by atoms with E-state index in [2.05, 4.69) is 10.0 Å². The van der Waals surface area contributed by atoms with Crippen molar-refractivity contribution < 1.29 is 17.9 Å². The Hall–Kier alpha value is -1.80. The molecule has 0 saturated carbocycles. The maximum absolute atomic E-state index is 12.4. The second-order valence-corrected chi connectivity index (χ2v) is 8.22. The van der Waals surface area contributed by atoms with E-state index in [1.54, 1.807) is 36.4 Å². The maximum atomic E-state index is 12.4. The Balaban J connectivity index is 2.18. The fraction of sp³-hybridized carbons (Fsp3) is 0.235. The fourth-order valence-electron chi connectivity index (χ4n) is 2.30.